The summed E-state index contributed by atoms with van der Waals surface area (Å²) in [6.07, 6.45) is 2.42. The molecule has 1 aromatic heterocycles. The Morgan fingerprint density at radius 3 is 2.83 bits per heavy atom. The SMILES string of the molecule is CC1CCN(c2ccc(N)c3nonc23)C(C)C1. The van der Waals surface area contributed by atoms with Crippen LogP contribution in [-0.4, -0.2) is 22.9 Å². The van der Waals surface area contributed by atoms with E-state index in [4.69, 9.17) is 10.4 Å². The molecule has 18 heavy (non-hydrogen) atoms. The second kappa shape index (κ2) is 4.15. The second-order valence-corrected chi connectivity index (χ2v) is 5.31. The molecule has 5 heteroatoms. The quantitative estimate of drug-likeness (QED) is 0.783. The lowest BCUT2D eigenvalue weighted by Crippen LogP contribution is -2.40. The molecule has 96 valence electrons. The van der Waals surface area contributed by atoms with Crippen molar-refractivity contribution in [1.29, 1.82) is 0 Å². The van der Waals surface area contributed by atoms with Gasteiger partial charge >= 0.3 is 0 Å². The van der Waals surface area contributed by atoms with Gasteiger partial charge in [-0.2, -0.15) is 0 Å². The van der Waals surface area contributed by atoms with Crippen LogP contribution in [0.2, 0.25) is 0 Å². The predicted molar refractivity (Wildman–Crippen MR) is 71.4 cm³/mol. The van der Waals surface area contributed by atoms with Crippen LogP contribution in [0, 0.1) is 5.92 Å². The first-order chi connectivity index (χ1) is 8.66. The highest BCUT2D eigenvalue weighted by Crippen LogP contribution is 2.33. The van der Waals surface area contributed by atoms with Crippen molar-refractivity contribution in [1.82, 2.24) is 10.3 Å². The van der Waals surface area contributed by atoms with Crippen LogP contribution in [0.15, 0.2) is 16.8 Å². The third kappa shape index (κ3) is 1.70. The molecule has 1 aromatic carbocycles. The fourth-order valence-electron chi connectivity index (χ4n) is 2.87. The minimum atomic E-state index is 0.511. The Kier molecular flexibility index (Phi) is 2.61. The van der Waals surface area contributed by atoms with Gasteiger partial charge in [0.05, 0.1) is 11.4 Å². The van der Waals surface area contributed by atoms with Crippen LogP contribution < -0.4 is 10.6 Å². The number of nitrogen functional groups attached to an aromatic ring is 1. The number of benzene rings is 1. The van der Waals surface area contributed by atoms with Crippen molar-refractivity contribution in [3.05, 3.63) is 12.1 Å². The first kappa shape index (κ1) is 11.3. The highest BCUT2D eigenvalue weighted by atomic mass is 16.6. The Morgan fingerprint density at radius 1 is 1.28 bits per heavy atom. The Bertz CT molecular complexity index is 565. The van der Waals surface area contributed by atoms with Crippen molar-refractivity contribution < 1.29 is 4.63 Å². The zero-order valence-corrected chi connectivity index (χ0v) is 10.8. The van der Waals surface area contributed by atoms with Gasteiger partial charge in [0.2, 0.25) is 0 Å². The molecule has 2 heterocycles. The fraction of sp³-hybridized carbons (Fsp3) is 0.538. The van der Waals surface area contributed by atoms with Gasteiger partial charge in [0.15, 0.2) is 11.0 Å². The molecule has 2 aromatic rings. The van der Waals surface area contributed by atoms with Gasteiger partial charge in [-0.1, -0.05) is 6.92 Å². The zero-order chi connectivity index (χ0) is 12.7. The minimum Gasteiger partial charge on any atom is -0.397 e. The lowest BCUT2D eigenvalue weighted by molar-refractivity contribution is 0.315. The standard InChI is InChI=1S/C13H18N4O/c1-8-5-6-17(9(2)7-8)11-4-3-10(14)12-13(11)16-18-15-12/h3-4,8-9H,5-7,14H2,1-2H3. The number of aromatic nitrogens is 2. The molecule has 0 spiro atoms. The summed E-state index contributed by atoms with van der Waals surface area (Å²) in [7, 11) is 0. The Balaban J connectivity index is 2.04. The molecule has 0 amide bonds. The first-order valence-electron chi connectivity index (χ1n) is 6.44. The Labute approximate surface area is 106 Å². The van der Waals surface area contributed by atoms with Gasteiger partial charge in [0.1, 0.15) is 0 Å². The van der Waals surface area contributed by atoms with E-state index in [1.165, 1.54) is 12.8 Å². The van der Waals surface area contributed by atoms with Crippen LogP contribution in [0.25, 0.3) is 11.0 Å². The maximum Gasteiger partial charge on any atom is 0.160 e. The molecule has 0 bridgehead atoms. The third-order valence-electron chi connectivity index (χ3n) is 3.87. The van der Waals surface area contributed by atoms with Gasteiger partial charge in [-0.3, -0.25) is 0 Å². The van der Waals surface area contributed by atoms with E-state index in [9.17, 15) is 0 Å². The van der Waals surface area contributed by atoms with E-state index in [1.807, 2.05) is 12.1 Å². The van der Waals surface area contributed by atoms with Gasteiger partial charge in [-0.15, -0.1) is 0 Å². The summed E-state index contributed by atoms with van der Waals surface area (Å²) in [5, 5.41) is 7.88. The van der Waals surface area contributed by atoms with Crippen molar-refractivity contribution in [2.75, 3.05) is 17.2 Å². The van der Waals surface area contributed by atoms with Gasteiger partial charge < -0.3 is 10.6 Å². The summed E-state index contributed by atoms with van der Waals surface area (Å²) in [6, 6.07) is 4.42. The minimum absolute atomic E-state index is 0.511. The van der Waals surface area contributed by atoms with Crippen molar-refractivity contribution >= 4 is 22.4 Å². The molecule has 3 rings (SSSR count). The van der Waals surface area contributed by atoms with Gasteiger partial charge in [0.25, 0.3) is 0 Å². The summed E-state index contributed by atoms with van der Waals surface area (Å²) >= 11 is 0. The number of hydrogen-bond acceptors (Lipinski definition) is 5. The van der Waals surface area contributed by atoms with Crippen molar-refractivity contribution in [2.45, 2.75) is 32.7 Å². The maximum atomic E-state index is 5.87. The maximum absolute atomic E-state index is 5.87. The summed E-state index contributed by atoms with van der Waals surface area (Å²) in [6.45, 7) is 5.61. The molecule has 1 aliphatic rings. The van der Waals surface area contributed by atoms with Crippen LogP contribution >= 0.6 is 0 Å². The molecular weight excluding hydrogens is 228 g/mol. The van der Waals surface area contributed by atoms with E-state index >= 15 is 0 Å². The lowest BCUT2D eigenvalue weighted by Gasteiger charge is -2.38. The Morgan fingerprint density at radius 2 is 2.06 bits per heavy atom. The highest BCUT2D eigenvalue weighted by molar-refractivity contribution is 5.95. The number of nitrogens with zero attached hydrogens (tertiary/aromatic N) is 3. The molecule has 5 nitrogen and oxygen atoms in total. The smallest absolute Gasteiger partial charge is 0.160 e. The Hall–Kier alpha value is -1.78. The summed E-state index contributed by atoms with van der Waals surface area (Å²) in [5.74, 6) is 0.788. The lowest BCUT2D eigenvalue weighted by atomic mass is 9.93. The summed E-state index contributed by atoms with van der Waals surface area (Å²) < 4.78 is 4.83. The van der Waals surface area contributed by atoms with E-state index < -0.39 is 0 Å². The monoisotopic (exact) mass is 246 g/mol. The van der Waals surface area contributed by atoms with Crippen LogP contribution in [0.1, 0.15) is 26.7 Å². The number of anilines is 2. The molecule has 0 radical (unpaired) electrons. The molecule has 0 saturated carbocycles. The van der Waals surface area contributed by atoms with E-state index in [-0.39, 0.29) is 0 Å². The molecule has 1 aliphatic heterocycles. The van der Waals surface area contributed by atoms with Crippen LogP contribution in [-0.2, 0) is 0 Å². The van der Waals surface area contributed by atoms with Crippen molar-refractivity contribution in [3.63, 3.8) is 0 Å². The number of rotatable bonds is 1. The molecule has 1 fully saturated rings. The third-order valence-corrected chi connectivity index (χ3v) is 3.87. The van der Waals surface area contributed by atoms with E-state index in [0.29, 0.717) is 17.2 Å². The van der Waals surface area contributed by atoms with E-state index in [2.05, 4.69) is 29.1 Å². The van der Waals surface area contributed by atoms with Crippen molar-refractivity contribution in [3.8, 4) is 0 Å². The second-order valence-electron chi connectivity index (χ2n) is 5.31. The van der Waals surface area contributed by atoms with Gasteiger partial charge in [-0.05, 0) is 48.1 Å². The van der Waals surface area contributed by atoms with Gasteiger partial charge in [0, 0.05) is 12.6 Å². The van der Waals surface area contributed by atoms with Crippen LogP contribution in [0.5, 0.6) is 0 Å². The van der Waals surface area contributed by atoms with Gasteiger partial charge in [-0.25, -0.2) is 4.63 Å². The van der Waals surface area contributed by atoms with Crippen LogP contribution in [0.4, 0.5) is 11.4 Å². The average molecular weight is 246 g/mol. The topological polar surface area (TPSA) is 68.2 Å². The molecular formula is C13H18N4O. The largest absolute Gasteiger partial charge is 0.397 e. The zero-order valence-electron chi connectivity index (χ0n) is 10.8. The normalized spacial score (nSPS) is 24.7. The first-order valence-corrected chi connectivity index (χ1v) is 6.44. The molecule has 2 N–H and O–H groups in total. The number of hydrogen-bond donors (Lipinski definition) is 1. The molecule has 2 atom stereocenters. The molecule has 0 aliphatic carbocycles. The number of nitrogens with two attached hydrogens (primary N) is 1. The predicted octanol–water partition coefficient (Wildman–Crippen LogP) is 2.43. The summed E-state index contributed by atoms with van der Waals surface area (Å²) in [5.41, 5.74) is 9.02. The highest BCUT2D eigenvalue weighted by Gasteiger charge is 2.25. The summed E-state index contributed by atoms with van der Waals surface area (Å²) in [4.78, 5) is 2.38. The van der Waals surface area contributed by atoms with E-state index in [0.717, 1.165) is 23.7 Å². The van der Waals surface area contributed by atoms with E-state index in [1.54, 1.807) is 0 Å². The van der Waals surface area contributed by atoms with Crippen LogP contribution in [0.3, 0.4) is 0 Å². The number of piperidine rings is 1. The van der Waals surface area contributed by atoms with Crippen molar-refractivity contribution in [2.24, 2.45) is 5.92 Å². The number of fused-ring (bicyclic) bond motifs is 1. The average Bonchev–Trinajstić information content (AvgIpc) is 2.81. The molecule has 1 saturated heterocycles. The molecule has 2 unspecified atom stereocenters. The fourth-order valence-corrected chi connectivity index (χ4v) is 2.87.